The Morgan fingerprint density at radius 1 is 1.25 bits per heavy atom. The Morgan fingerprint density at radius 2 is 1.92 bits per heavy atom. The number of hydrogen-bond donors (Lipinski definition) is 0. The first kappa shape index (κ1) is 27.9. The number of rotatable bonds is 8. The molecule has 3 heterocycles. The highest BCUT2D eigenvalue weighted by molar-refractivity contribution is 7.86. The highest BCUT2D eigenvalue weighted by Gasteiger charge is 2.24. The minimum Gasteiger partial charge on any atom is -0.358 e. The minimum atomic E-state index is -3.84. The number of aryl methyl sites for hydroxylation is 1. The summed E-state index contributed by atoms with van der Waals surface area (Å²) >= 11 is 6.02. The molecule has 0 fully saturated rings. The summed E-state index contributed by atoms with van der Waals surface area (Å²) in [5.41, 5.74) is 0.980. The quantitative estimate of drug-likeness (QED) is 0.309. The van der Waals surface area contributed by atoms with E-state index in [4.69, 9.17) is 15.8 Å². The maximum Gasteiger partial charge on any atom is 0.355 e. The van der Waals surface area contributed by atoms with E-state index in [0.29, 0.717) is 11.4 Å². The predicted molar refractivity (Wildman–Crippen MR) is 139 cm³/mol. The second-order valence-corrected chi connectivity index (χ2v) is 12.3. The van der Waals surface area contributed by atoms with Crippen molar-refractivity contribution in [3.63, 3.8) is 0 Å². The van der Waals surface area contributed by atoms with Gasteiger partial charge in [0.1, 0.15) is 5.82 Å². The van der Waals surface area contributed by atoms with E-state index in [2.05, 4.69) is 15.0 Å². The van der Waals surface area contributed by atoms with Gasteiger partial charge in [0.05, 0.1) is 29.1 Å². The van der Waals surface area contributed by atoms with Crippen LogP contribution in [-0.2, 0) is 14.3 Å². The van der Waals surface area contributed by atoms with Gasteiger partial charge in [0, 0.05) is 19.8 Å². The lowest BCUT2D eigenvalue weighted by molar-refractivity contribution is 0.203. The number of pyridine rings is 2. The fourth-order valence-corrected chi connectivity index (χ4v) is 4.82. The van der Waals surface area contributed by atoms with Crippen LogP contribution in [0.15, 0.2) is 23.1 Å². The SMILES string of the molecule is Cc1ccnc(C(C)C)c1-n1c(=O)nc(N(C)CCS(=O)(=O)OCC(C)(C)C)c2cc(F)c(Cl)nc21. The van der Waals surface area contributed by atoms with E-state index in [1.165, 1.54) is 9.47 Å². The molecule has 0 atom stereocenters. The minimum absolute atomic E-state index is 0.0292. The molecule has 36 heavy (non-hydrogen) atoms. The van der Waals surface area contributed by atoms with Crippen LogP contribution in [-0.4, -0.2) is 53.9 Å². The monoisotopic (exact) mass is 539 g/mol. The first-order valence-corrected chi connectivity index (χ1v) is 13.4. The molecule has 0 amide bonds. The third-order valence-electron chi connectivity index (χ3n) is 5.39. The second-order valence-electron chi connectivity index (χ2n) is 10.2. The van der Waals surface area contributed by atoms with Gasteiger partial charge in [0.2, 0.25) is 0 Å². The fourth-order valence-electron chi connectivity index (χ4n) is 3.54. The first-order chi connectivity index (χ1) is 16.6. The van der Waals surface area contributed by atoms with Crippen LogP contribution in [0.25, 0.3) is 16.7 Å². The molecule has 0 aliphatic rings. The molecule has 0 radical (unpaired) electrons. The smallest absolute Gasteiger partial charge is 0.355 e. The number of halogens is 2. The Balaban J connectivity index is 2.13. The third-order valence-corrected chi connectivity index (χ3v) is 6.82. The van der Waals surface area contributed by atoms with Gasteiger partial charge in [-0.25, -0.2) is 18.7 Å². The molecule has 196 valence electrons. The molecule has 0 aliphatic carbocycles. The van der Waals surface area contributed by atoms with Gasteiger partial charge in [0.25, 0.3) is 10.1 Å². The second kappa shape index (κ2) is 10.4. The average Bonchev–Trinajstić information content (AvgIpc) is 2.77. The normalized spacial score (nSPS) is 12.5. The fraction of sp³-hybridized carbons (Fsp3) is 0.500. The van der Waals surface area contributed by atoms with E-state index in [1.54, 1.807) is 19.3 Å². The van der Waals surface area contributed by atoms with E-state index in [-0.39, 0.29) is 47.1 Å². The molecule has 0 saturated carbocycles. The van der Waals surface area contributed by atoms with E-state index >= 15 is 0 Å². The molecular formula is C24H31ClFN5O4S. The Kier molecular flexibility index (Phi) is 8.07. The molecule has 0 spiro atoms. The predicted octanol–water partition coefficient (Wildman–Crippen LogP) is 4.23. The summed E-state index contributed by atoms with van der Waals surface area (Å²) in [5, 5.41) is -0.203. The number of anilines is 1. The van der Waals surface area contributed by atoms with E-state index in [9.17, 15) is 17.6 Å². The summed E-state index contributed by atoms with van der Waals surface area (Å²) in [5.74, 6) is -1.10. The van der Waals surface area contributed by atoms with Gasteiger partial charge in [-0.3, -0.25) is 9.17 Å². The zero-order chi connectivity index (χ0) is 27.0. The van der Waals surface area contributed by atoms with Crippen molar-refractivity contribution in [3.05, 3.63) is 51.0 Å². The first-order valence-electron chi connectivity index (χ1n) is 11.4. The van der Waals surface area contributed by atoms with Gasteiger partial charge >= 0.3 is 5.69 Å². The van der Waals surface area contributed by atoms with Crippen molar-refractivity contribution in [2.75, 3.05) is 30.9 Å². The lowest BCUT2D eigenvalue weighted by Crippen LogP contribution is -2.32. The van der Waals surface area contributed by atoms with Crippen LogP contribution in [0.5, 0.6) is 0 Å². The highest BCUT2D eigenvalue weighted by Crippen LogP contribution is 2.30. The topological polar surface area (TPSA) is 107 Å². The molecule has 3 aromatic heterocycles. The van der Waals surface area contributed by atoms with Crippen molar-refractivity contribution in [3.8, 4) is 5.69 Å². The molecular weight excluding hydrogens is 509 g/mol. The van der Waals surface area contributed by atoms with Gasteiger partial charge in [-0.1, -0.05) is 46.2 Å². The maximum absolute atomic E-state index is 14.5. The maximum atomic E-state index is 14.5. The van der Waals surface area contributed by atoms with Crippen LogP contribution in [0, 0.1) is 18.2 Å². The molecule has 0 aromatic carbocycles. The van der Waals surface area contributed by atoms with Crippen molar-refractivity contribution in [1.82, 2.24) is 19.5 Å². The number of nitrogens with zero attached hydrogens (tertiary/aromatic N) is 5. The summed E-state index contributed by atoms with van der Waals surface area (Å²) in [7, 11) is -2.28. The molecule has 12 heteroatoms. The van der Waals surface area contributed by atoms with Gasteiger partial charge in [-0.05, 0) is 36.0 Å². The molecule has 0 saturated heterocycles. The third kappa shape index (κ3) is 6.19. The Morgan fingerprint density at radius 3 is 2.53 bits per heavy atom. The van der Waals surface area contributed by atoms with Crippen molar-refractivity contribution in [1.29, 1.82) is 0 Å². The molecule has 0 unspecified atom stereocenters. The Labute approximate surface area is 215 Å². The summed E-state index contributed by atoms with van der Waals surface area (Å²) < 4.78 is 45.7. The van der Waals surface area contributed by atoms with Crippen LogP contribution in [0.3, 0.4) is 0 Å². The summed E-state index contributed by atoms with van der Waals surface area (Å²) in [4.78, 5) is 27.6. The zero-order valence-corrected chi connectivity index (χ0v) is 23.0. The zero-order valence-electron chi connectivity index (χ0n) is 21.5. The number of aromatic nitrogens is 4. The summed E-state index contributed by atoms with van der Waals surface area (Å²) in [6, 6.07) is 2.90. The summed E-state index contributed by atoms with van der Waals surface area (Å²) in [6.45, 7) is 11.3. The largest absolute Gasteiger partial charge is 0.358 e. The molecule has 9 nitrogen and oxygen atoms in total. The van der Waals surface area contributed by atoms with E-state index in [1.807, 2.05) is 41.5 Å². The standard InChI is InChI=1S/C24H31ClFN5O4S/c1-14(2)18-19(15(3)8-9-27-18)31-22-16(12-17(26)20(25)28-22)21(29-23(31)32)30(7)10-11-36(33,34)35-13-24(4,5)6/h8-9,12,14H,10-11,13H2,1-7H3. The molecule has 0 bridgehead atoms. The average molecular weight is 540 g/mol. The Hall–Kier alpha value is -2.63. The van der Waals surface area contributed by atoms with Crippen LogP contribution < -0.4 is 10.6 Å². The van der Waals surface area contributed by atoms with Crippen LogP contribution in [0.1, 0.15) is 51.8 Å². The van der Waals surface area contributed by atoms with Gasteiger partial charge in [-0.2, -0.15) is 13.4 Å². The molecule has 3 rings (SSSR count). The van der Waals surface area contributed by atoms with Crippen LogP contribution in [0.2, 0.25) is 5.15 Å². The van der Waals surface area contributed by atoms with Gasteiger partial charge < -0.3 is 4.90 Å². The lowest BCUT2D eigenvalue weighted by Gasteiger charge is -2.23. The van der Waals surface area contributed by atoms with Crippen molar-refractivity contribution < 1.29 is 17.0 Å². The van der Waals surface area contributed by atoms with Crippen molar-refractivity contribution in [2.24, 2.45) is 5.41 Å². The van der Waals surface area contributed by atoms with E-state index in [0.717, 1.165) is 11.6 Å². The molecule has 0 aliphatic heterocycles. The van der Waals surface area contributed by atoms with Gasteiger partial charge in [0.15, 0.2) is 16.6 Å². The lowest BCUT2D eigenvalue weighted by atomic mass is 9.99. The highest BCUT2D eigenvalue weighted by atomic mass is 35.5. The van der Waals surface area contributed by atoms with E-state index < -0.39 is 26.8 Å². The number of hydrogen-bond acceptors (Lipinski definition) is 8. The Bertz CT molecular complexity index is 1450. The van der Waals surface area contributed by atoms with Crippen LogP contribution >= 0.6 is 11.6 Å². The van der Waals surface area contributed by atoms with Crippen molar-refractivity contribution in [2.45, 2.75) is 47.5 Å². The van der Waals surface area contributed by atoms with Gasteiger partial charge in [-0.15, -0.1) is 0 Å². The molecule has 3 aromatic rings. The summed E-state index contributed by atoms with van der Waals surface area (Å²) in [6.07, 6.45) is 1.65. The van der Waals surface area contributed by atoms with Crippen molar-refractivity contribution >= 4 is 38.6 Å². The number of fused-ring (bicyclic) bond motifs is 1. The van der Waals surface area contributed by atoms with Crippen LogP contribution in [0.4, 0.5) is 10.2 Å². The molecule has 0 N–H and O–H groups in total.